The molecular formula is C143H188O4. The lowest BCUT2D eigenvalue weighted by Crippen LogP contribution is -2.12. The minimum Gasteiger partial charge on any atom is -0.422 e. The Morgan fingerprint density at radius 1 is 0.218 bits per heavy atom. The molecule has 0 radical (unpaired) electrons. The second-order valence-corrected chi connectivity index (χ2v) is 35.0. The van der Waals surface area contributed by atoms with Crippen LogP contribution in [0.25, 0.3) is 99.1 Å². The van der Waals surface area contributed by atoms with Crippen LogP contribution in [0.5, 0.6) is 0 Å². The van der Waals surface area contributed by atoms with Gasteiger partial charge in [-0.15, -0.1) is 0 Å². The number of rotatable bonds is 21. The molecule has 0 atom stereocenters. The first-order valence-electron chi connectivity index (χ1n) is 56.8. The summed E-state index contributed by atoms with van der Waals surface area (Å²) in [7, 11) is 0. The molecule has 0 N–H and O–H groups in total. The maximum atomic E-state index is 12.2. The molecule has 18 rings (SSSR count). The van der Waals surface area contributed by atoms with E-state index in [2.05, 4.69) is 345 Å². The summed E-state index contributed by atoms with van der Waals surface area (Å²) in [5, 5.41) is 7.30. The zero-order valence-corrected chi connectivity index (χ0v) is 97.0. The van der Waals surface area contributed by atoms with Gasteiger partial charge in [0.15, 0.2) is 0 Å². The molecule has 15 aromatic carbocycles. The van der Waals surface area contributed by atoms with Crippen molar-refractivity contribution in [2.45, 2.75) is 337 Å². The molecule has 0 saturated heterocycles. The summed E-state index contributed by atoms with van der Waals surface area (Å²) in [6.07, 6.45) is 19.5. The first-order valence-corrected chi connectivity index (χ1v) is 56.8. The zero-order valence-electron chi connectivity index (χ0n) is 97.0. The molecule has 1 aliphatic carbocycles. The van der Waals surface area contributed by atoms with Gasteiger partial charge in [0.25, 0.3) is 0 Å². The highest BCUT2D eigenvalue weighted by Crippen LogP contribution is 2.39. The summed E-state index contributed by atoms with van der Waals surface area (Å²) in [6, 6.07) is 118. The Balaban J connectivity index is 0.000000442. The van der Waals surface area contributed by atoms with Crippen molar-refractivity contribution in [2.75, 3.05) is 0 Å². The highest BCUT2D eigenvalue weighted by Gasteiger charge is 2.22. The molecule has 4 heteroatoms. The summed E-state index contributed by atoms with van der Waals surface area (Å²) in [6.45, 7) is 66.6. The van der Waals surface area contributed by atoms with Crippen LogP contribution in [-0.4, -0.2) is 0 Å². The Hall–Kier alpha value is -12.8. The number of hydrogen-bond acceptors (Lipinski definition) is 4. The topological polar surface area (TPSA) is 60.4 Å². The number of benzene rings is 15. The second kappa shape index (κ2) is 71.7. The molecule has 2 heterocycles. The molecule has 0 amide bonds. The van der Waals surface area contributed by atoms with Gasteiger partial charge in [0, 0.05) is 12.2 Å². The van der Waals surface area contributed by atoms with Crippen molar-refractivity contribution >= 4 is 43.5 Å². The van der Waals surface area contributed by atoms with E-state index in [0.717, 1.165) is 111 Å². The first kappa shape index (κ1) is 127. The smallest absolute Gasteiger partial charge is 0.344 e. The molecule has 147 heavy (non-hydrogen) atoms. The summed E-state index contributed by atoms with van der Waals surface area (Å²) >= 11 is 0. The van der Waals surface area contributed by atoms with E-state index < -0.39 is 0 Å². The maximum Gasteiger partial charge on any atom is 0.344 e. The summed E-state index contributed by atoms with van der Waals surface area (Å²) in [5.41, 5.74) is 36.3. The fraction of sp³-hybridized carbons (Fsp3) is 0.357. The molecule has 1 fully saturated rings. The number of hydrogen-bond donors (Lipinski definition) is 0. The predicted octanol–water partition coefficient (Wildman–Crippen LogP) is 42.9. The van der Waals surface area contributed by atoms with E-state index in [0.29, 0.717) is 22.3 Å². The van der Waals surface area contributed by atoms with Crippen molar-refractivity contribution in [3.63, 3.8) is 0 Å². The molecule has 1 saturated carbocycles. The van der Waals surface area contributed by atoms with Gasteiger partial charge >= 0.3 is 11.3 Å². The predicted molar refractivity (Wildman–Crippen MR) is 659 cm³/mol. The molecule has 4 nitrogen and oxygen atoms in total. The Bertz CT molecular complexity index is 6390. The Morgan fingerprint density at radius 3 is 0.769 bits per heavy atom. The molecule has 0 spiro atoms. The first-order chi connectivity index (χ1) is 71.9. The third kappa shape index (κ3) is 39.1. The fourth-order valence-electron chi connectivity index (χ4n) is 17.5. The fourth-order valence-corrected chi connectivity index (χ4v) is 17.5. The standard InChI is InChI=1S/C24H32.C24H26.C22H22.C19H18O2.C18H16O2.C18H18.9C2H6.H2/c1-5-19-7-9-21(10-8-19)22-11-13-23(14-12-22)24-16-15-20(6-2)17(3)18(24)4;1-3-19-5-9-21(10-6-19)17-23-13-15-24(16-14-23)18-22-11-7-20(4-2)8-12-22;1-3-17-5-9-19(10-6-17)21-13-15-22(16-14-21)20-11-7-18(4-2)8-12-20;1-3-13-5-8-15(9-6-13)17-12-16-10-7-14(4-2)11-18(16)21-19(17)20;1-3-13-6-9-15-11-16(18(19)20-17(15)10-13)14-7-4-12(2)5-8-14;1-3-13-5-7-15-12-18-10-14(4-2)6-8-16(18)11-17(15)9-13;9*1-2;/h11-16,19,21H,5-10H2,1-4H3;5-16H,3-4,17-18H2,1-2H3;5-16H,3-4H2,1-2H3;5-12H,3-4H2,1-2H3;4-11H,3H2,1-2H3;5-12H,3-4H2,1-2H3;9*1-2H3;1H. The lowest BCUT2D eigenvalue weighted by atomic mass is 9.77. The van der Waals surface area contributed by atoms with Gasteiger partial charge in [0.05, 0.1) is 11.1 Å². The van der Waals surface area contributed by atoms with Gasteiger partial charge in [-0.1, -0.05) is 504 Å². The van der Waals surface area contributed by atoms with Crippen molar-refractivity contribution in [1.29, 1.82) is 0 Å². The SMILES string of the molecule is CC.CC.CC.CC.CC.CC.CC.CC.CC.CCc1ccc(-c2cc3ccc(CC)cc3oc2=O)cc1.CCc1ccc(-c2ccc(-c3ccc(CC)cc3)cc2)cc1.CCc1ccc(-c2ccc(C3CCC(CC)CC3)cc2)c(C)c1C.CCc1ccc(Cc2ccc(Cc3ccc(CC)cc3)cc2)cc1.CCc1ccc2cc(-c3ccc(C)cc3)c(=O)oc2c1.CCc1ccc2cc3cc(CC)ccc3cc2c1.[HH]. The van der Waals surface area contributed by atoms with E-state index >= 15 is 0 Å². The average Bonchev–Trinajstić information content (AvgIpc) is 0.810. The van der Waals surface area contributed by atoms with Gasteiger partial charge in [0.1, 0.15) is 11.2 Å². The normalized spacial score (nSPS) is 11.6. The maximum absolute atomic E-state index is 12.2. The van der Waals surface area contributed by atoms with Gasteiger partial charge in [0.2, 0.25) is 0 Å². The van der Waals surface area contributed by atoms with Gasteiger partial charge in [-0.25, -0.2) is 9.59 Å². The highest BCUT2D eigenvalue weighted by molar-refractivity contribution is 5.99. The molecule has 1 aliphatic rings. The minimum atomic E-state index is -0.283. The third-order valence-corrected chi connectivity index (χ3v) is 26.6. The van der Waals surface area contributed by atoms with Gasteiger partial charge in [-0.3, -0.25) is 0 Å². The Kier molecular flexibility index (Phi) is 61.7. The number of fused-ring (bicyclic) bond motifs is 4. The highest BCUT2D eigenvalue weighted by atomic mass is 16.4. The zero-order chi connectivity index (χ0) is 109. The Morgan fingerprint density at radius 2 is 0.469 bits per heavy atom. The van der Waals surface area contributed by atoms with Crippen LogP contribution in [0.2, 0.25) is 0 Å². The Labute approximate surface area is 894 Å². The summed E-state index contributed by atoms with van der Waals surface area (Å²) in [4.78, 5) is 24.4. The largest absolute Gasteiger partial charge is 0.422 e. The average molecular weight is 1970 g/mol. The van der Waals surface area contributed by atoms with Crippen molar-refractivity contribution in [1.82, 2.24) is 0 Å². The summed E-state index contributed by atoms with van der Waals surface area (Å²) < 4.78 is 11.0. The van der Waals surface area contributed by atoms with E-state index in [-0.39, 0.29) is 12.7 Å². The molecule has 17 aromatic rings. The van der Waals surface area contributed by atoms with Crippen LogP contribution in [0, 0.1) is 26.7 Å². The quantitative estimate of drug-likeness (QED) is 0.0531. The van der Waals surface area contributed by atoms with E-state index in [4.69, 9.17) is 8.83 Å². The van der Waals surface area contributed by atoms with Crippen molar-refractivity contribution < 1.29 is 10.3 Å². The number of aryl methyl sites for hydroxylation is 11. The van der Waals surface area contributed by atoms with E-state index in [1.165, 1.54) is 182 Å². The van der Waals surface area contributed by atoms with Crippen molar-refractivity contribution in [3.8, 4) is 55.6 Å². The van der Waals surface area contributed by atoms with E-state index in [1.807, 2.05) is 204 Å². The lowest BCUT2D eigenvalue weighted by molar-refractivity contribution is 0.319. The minimum absolute atomic E-state index is 0. The molecule has 2 aromatic heterocycles. The van der Waals surface area contributed by atoms with Gasteiger partial charge < -0.3 is 8.83 Å². The second-order valence-electron chi connectivity index (χ2n) is 35.0. The monoisotopic (exact) mass is 1970 g/mol. The van der Waals surface area contributed by atoms with Crippen LogP contribution in [0.4, 0.5) is 0 Å². The van der Waals surface area contributed by atoms with Gasteiger partial charge in [-0.05, 0) is 332 Å². The van der Waals surface area contributed by atoms with Crippen LogP contribution in [0.3, 0.4) is 0 Å². The summed E-state index contributed by atoms with van der Waals surface area (Å²) in [5.74, 6) is 1.76. The molecule has 0 aliphatic heterocycles. The lowest BCUT2D eigenvalue weighted by Gasteiger charge is -2.28. The molecular weight excluding hydrogens is 1780 g/mol. The van der Waals surface area contributed by atoms with Crippen LogP contribution < -0.4 is 11.3 Å². The van der Waals surface area contributed by atoms with Crippen molar-refractivity contribution in [3.05, 3.63) is 449 Å². The van der Waals surface area contributed by atoms with E-state index in [9.17, 15) is 9.59 Å². The van der Waals surface area contributed by atoms with E-state index in [1.54, 1.807) is 5.56 Å². The molecule has 784 valence electrons. The van der Waals surface area contributed by atoms with Crippen LogP contribution >= 0.6 is 0 Å². The molecule has 0 bridgehead atoms. The molecule has 0 unspecified atom stereocenters. The van der Waals surface area contributed by atoms with Crippen LogP contribution in [0.1, 0.15) is 340 Å². The van der Waals surface area contributed by atoms with Crippen LogP contribution in [-0.2, 0) is 77.0 Å². The van der Waals surface area contributed by atoms with Crippen LogP contribution in [0.15, 0.2) is 346 Å². The third-order valence-electron chi connectivity index (χ3n) is 26.6. The van der Waals surface area contributed by atoms with Crippen molar-refractivity contribution in [2.24, 2.45) is 5.92 Å². The van der Waals surface area contributed by atoms with Gasteiger partial charge in [-0.2, -0.15) is 0 Å².